The molecule has 8 heteroatoms. The summed E-state index contributed by atoms with van der Waals surface area (Å²) in [4.78, 5) is 25.2. The molecule has 0 saturated carbocycles. The maximum absolute atomic E-state index is 12.8. The van der Waals surface area contributed by atoms with Crippen LogP contribution < -0.4 is 4.74 Å². The van der Waals surface area contributed by atoms with Crippen LogP contribution in [0.4, 0.5) is 0 Å². The SMILES string of the molecule is COc1ccc2c(CC(=O)OCC(=O)c3cc(C)n(-c4ccc(Cl)c(Cl)c4)c3C)coc2c1. The Balaban J connectivity index is 1.45. The smallest absolute Gasteiger partial charge is 0.310 e. The standard InChI is InChI=1S/C25H21Cl2NO5/c1-14-8-20(15(2)28(14)17-4-7-21(26)22(27)10-17)23(29)13-33-25(30)9-16-12-32-24-11-18(31-3)5-6-19(16)24/h4-8,10-12H,9,13H2,1-3H3. The van der Waals surface area contributed by atoms with Crippen LogP contribution in [0, 0.1) is 13.8 Å². The molecule has 0 N–H and O–H groups in total. The summed E-state index contributed by atoms with van der Waals surface area (Å²) in [5, 5.41) is 1.67. The van der Waals surface area contributed by atoms with Gasteiger partial charge in [0.2, 0.25) is 5.78 Å². The van der Waals surface area contributed by atoms with Crippen molar-refractivity contribution in [2.75, 3.05) is 13.7 Å². The quantitative estimate of drug-likeness (QED) is 0.232. The van der Waals surface area contributed by atoms with E-state index in [0.29, 0.717) is 32.5 Å². The zero-order valence-electron chi connectivity index (χ0n) is 18.3. The molecule has 4 rings (SSSR count). The van der Waals surface area contributed by atoms with E-state index in [1.54, 1.807) is 37.4 Å². The normalized spacial score (nSPS) is 11.1. The van der Waals surface area contributed by atoms with Crippen molar-refractivity contribution in [1.82, 2.24) is 4.57 Å². The number of rotatable bonds is 7. The summed E-state index contributed by atoms with van der Waals surface area (Å²) < 4.78 is 17.9. The van der Waals surface area contributed by atoms with Crippen LogP contribution in [0.15, 0.2) is 53.1 Å². The van der Waals surface area contributed by atoms with Crippen LogP contribution >= 0.6 is 23.2 Å². The van der Waals surface area contributed by atoms with Gasteiger partial charge in [-0.05, 0) is 50.2 Å². The molecule has 0 amide bonds. The molecule has 0 aliphatic rings. The number of ketones is 1. The number of hydrogen-bond donors (Lipinski definition) is 0. The summed E-state index contributed by atoms with van der Waals surface area (Å²) >= 11 is 12.2. The van der Waals surface area contributed by atoms with Crippen LogP contribution in [-0.2, 0) is 16.0 Å². The van der Waals surface area contributed by atoms with Gasteiger partial charge < -0.3 is 18.5 Å². The third-order valence-corrected chi connectivity index (χ3v) is 6.19. The zero-order chi connectivity index (χ0) is 23.7. The molecular weight excluding hydrogens is 465 g/mol. The number of furan rings is 1. The molecule has 4 aromatic rings. The molecule has 2 aromatic carbocycles. The lowest BCUT2D eigenvalue weighted by Gasteiger charge is -2.11. The van der Waals surface area contributed by atoms with E-state index < -0.39 is 5.97 Å². The van der Waals surface area contributed by atoms with Crippen LogP contribution in [0.2, 0.25) is 10.0 Å². The highest BCUT2D eigenvalue weighted by Gasteiger charge is 2.19. The number of methoxy groups -OCH3 is 1. The Morgan fingerprint density at radius 1 is 1.03 bits per heavy atom. The minimum atomic E-state index is -0.514. The average Bonchev–Trinajstić information content (AvgIpc) is 3.33. The van der Waals surface area contributed by atoms with Gasteiger partial charge in [-0.15, -0.1) is 0 Å². The summed E-state index contributed by atoms with van der Waals surface area (Å²) in [5.41, 5.74) is 4.14. The summed E-state index contributed by atoms with van der Waals surface area (Å²) in [6, 6.07) is 12.4. The van der Waals surface area contributed by atoms with Gasteiger partial charge in [0.05, 0.1) is 29.8 Å². The minimum absolute atomic E-state index is 0.00506. The van der Waals surface area contributed by atoms with Crippen LogP contribution in [0.1, 0.15) is 27.3 Å². The van der Waals surface area contributed by atoms with Crippen molar-refractivity contribution >= 4 is 45.9 Å². The van der Waals surface area contributed by atoms with Gasteiger partial charge in [-0.2, -0.15) is 0 Å². The fraction of sp³-hybridized carbons (Fsp3) is 0.200. The van der Waals surface area contributed by atoms with Crippen molar-refractivity contribution in [3.8, 4) is 11.4 Å². The lowest BCUT2D eigenvalue weighted by atomic mass is 10.1. The average molecular weight is 486 g/mol. The Labute approximate surface area is 200 Å². The highest BCUT2D eigenvalue weighted by atomic mass is 35.5. The van der Waals surface area contributed by atoms with Crippen molar-refractivity contribution in [1.29, 1.82) is 0 Å². The van der Waals surface area contributed by atoms with Gasteiger partial charge >= 0.3 is 5.97 Å². The number of hydrogen-bond acceptors (Lipinski definition) is 5. The van der Waals surface area contributed by atoms with Crippen molar-refractivity contribution in [2.45, 2.75) is 20.3 Å². The topological polar surface area (TPSA) is 70.7 Å². The Kier molecular flexibility index (Phi) is 6.49. The number of halogens is 2. The number of carbonyl (C=O) groups is 2. The summed E-state index contributed by atoms with van der Waals surface area (Å²) in [6.45, 7) is 3.36. The molecule has 0 aliphatic heterocycles. The van der Waals surface area contributed by atoms with Crippen LogP contribution in [-0.4, -0.2) is 30.0 Å². The molecule has 0 atom stereocenters. The zero-order valence-corrected chi connectivity index (χ0v) is 19.8. The molecule has 0 bridgehead atoms. The Morgan fingerprint density at radius 3 is 2.55 bits per heavy atom. The van der Waals surface area contributed by atoms with Crippen LogP contribution in [0.3, 0.4) is 0 Å². The molecule has 0 unspecified atom stereocenters. The number of carbonyl (C=O) groups excluding carboxylic acids is 2. The molecule has 0 radical (unpaired) electrons. The van der Waals surface area contributed by atoms with E-state index in [4.69, 9.17) is 37.1 Å². The second-order valence-electron chi connectivity index (χ2n) is 7.60. The maximum Gasteiger partial charge on any atom is 0.310 e. The molecule has 2 heterocycles. The molecule has 0 spiro atoms. The lowest BCUT2D eigenvalue weighted by molar-refractivity contribution is -0.141. The van der Waals surface area contributed by atoms with Gasteiger partial charge in [0.25, 0.3) is 0 Å². The molecule has 6 nitrogen and oxygen atoms in total. The second kappa shape index (κ2) is 9.33. The summed E-state index contributed by atoms with van der Waals surface area (Å²) in [6.07, 6.45) is 1.51. The first-order chi connectivity index (χ1) is 15.8. The van der Waals surface area contributed by atoms with E-state index in [1.807, 2.05) is 30.5 Å². The third-order valence-electron chi connectivity index (χ3n) is 5.45. The number of esters is 1. The lowest BCUT2D eigenvalue weighted by Crippen LogP contribution is -2.16. The first-order valence-corrected chi connectivity index (χ1v) is 10.9. The largest absolute Gasteiger partial charge is 0.497 e. The van der Waals surface area contributed by atoms with Gasteiger partial charge in [0.1, 0.15) is 11.3 Å². The number of aromatic nitrogens is 1. The third kappa shape index (κ3) is 4.63. The first kappa shape index (κ1) is 23.0. The van der Waals surface area contributed by atoms with E-state index in [1.165, 1.54) is 6.26 Å². The fourth-order valence-electron chi connectivity index (χ4n) is 3.82. The maximum atomic E-state index is 12.8. The van der Waals surface area contributed by atoms with Crippen LogP contribution in [0.25, 0.3) is 16.7 Å². The number of ether oxygens (including phenoxy) is 2. The van der Waals surface area contributed by atoms with Crippen molar-refractivity contribution in [2.24, 2.45) is 0 Å². The number of fused-ring (bicyclic) bond motifs is 1. The fourth-order valence-corrected chi connectivity index (χ4v) is 4.12. The van der Waals surface area contributed by atoms with E-state index >= 15 is 0 Å². The van der Waals surface area contributed by atoms with Gasteiger partial charge in [0.15, 0.2) is 6.61 Å². The van der Waals surface area contributed by atoms with E-state index in [2.05, 4.69) is 0 Å². The van der Waals surface area contributed by atoms with E-state index in [-0.39, 0.29) is 18.8 Å². The van der Waals surface area contributed by atoms with E-state index in [9.17, 15) is 9.59 Å². The Bertz CT molecular complexity index is 1370. The first-order valence-electron chi connectivity index (χ1n) is 10.2. The van der Waals surface area contributed by atoms with E-state index in [0.717, 1.165) is 22.5 Å². The van der Waals surface area contributed by atoms with Gasteiger partial charge in [-0.3, -0.25) is 9.59 Å². The summed E-state index contributed by atoms with van der Waals surface area (Å²) in [5.74, 6) is -0.139. The number of Topliss-reactive ketones (excluding diaryl/α,β-unsaturated/α-hetero) is 1. The van der Waals surface area contributed by atoms with Crippen molar-refractivity contribution in [3.05, 3.63) is 81.3 Å². The predicted octanol–water partition coefficient (Wildman–Crippen LogP) is 6.12. The number of benzene rings is 2. The Morgan fingerprint density at radius 2 is 1.82 bits per heavy atom. The molecule has 33 heavy (non-hydrogen) atoms. The Hall–Kier alpha value is -3.22. The monoisotopic (exact) mass is 485 g/mol. The second-order valence-corrected chi connectivity index (χ2v) is 8.42. The van der Waals surface area contributed by atoms with Gasteiger partial charge in [-0.1, -0.05) is 23.2 Å². The van der Waals surface area contributed by atoms with Crippen molar-refractivity contribution in [3.63, 3.8) is 0 Å². The minimum Gasteiger partial charge on any atom is -0.497 e. The van der Waals surface area contributed by atoms with Gasteiger partial charge in [-0.25, -0.2) is 0 Å². The highest BCUT2D eigenvalue weighted by Crippen LogP contribution is 2.28. The molecule has 2 aromatic heterocycles. The van der Waals surface area contributed by atoms with Crippen LogP contribution in [0.5, 0.6) is 5.75 Å². The number of nitrogens with zero attached hydrogens (tertiary/aromatic N) is 1. The molecular formula is C25H21Cl2NO5. The molecule has 170 valence electrons. The number of aryl methyl sites for hydroxylation is 1. The summed E-state index contributed by atoms with van der Waals surface area (Å²) in [7, 11) is 1.57. The molecule has 0 fully saturated rings. The highest BCUT2D eigenvalue weighted by molar-refractivity contribution is 6.42. The van der Waals surface area contributed by atoms with Crippen molar-refractivity contribution < 1.29 is 23.5 Å². The van der Waals surface area contributed by atoms with Gasteiger partial charge in [0, 0.05) is 39.7 Å². The molecule has 0 aliphatic carbocycles. The predicted molar refractivity (Wildman–Crippen MR) is 127 cm³/mol. The molecule has 0 saturated heterocycles.